The number of benzene rings is 1. The maximum absolute atomic E-state index is 12.3. The molecule has 3 aliphatic rings. The molecule has 0 spiro atoms. The van der Waals surface area contributed by atoms with Gasteiger partial charge in [0.05, 0.1) is 19.1 Å². The third kappa shape index (κ3) is 2.26. The summed E-state index contributed by atoms with van der Waals surface area (Å²) in [5.41, 5.74) is 3.15. The Morgan fingerprint density at radius 3 is 2.76 bits per heavy atom. The summed E-state index contributed by atoms with van der Waals surface area (Å²) in [5.74, 6) is 1.01. The fourth-order valence-corrected chi connectivity index (χ4v) is 6.50. The lowest BCUT2D eigenvalue weighted by Gasteiger charge is -2.53. The zero-order chi connectivity index (χ0) is 17.9. The molecular formula is C21H28O4. The number of fused-ring (bicyclic) bond motifs is 5. The van der Waals surface area contributed by atoms with Crippen molar-refractivity contribution in [3.05, 3.63) is 28.8 Å². The van der Waals surface area contributed by atoms with E-state index in [9.17, 15) is 15.0 Å². The number of aromatic hydroxyl groups is 1. The monoisotopic (exact) mass is 344 g/mol. The Kier molecular flexibility index (Phi) is 3.87. The van der Waals surface area contributed by atoms with Gasteiger partial charge in [-0.25, -0.2) is 0 Å². The summed E-state index contributed by atoms with van der Waals surface area (Å²) in [6.45, 7) is 4.25. The summed E-state index contributed by atoms with van der Waals surface area (Å²) in [4.78, 5) is 12.3. The zero-order valence-corrected chi connectivity index (χ0v) is 15.3. The molecule has 0 saturated heterocycles. The molecule has 25 heavy (non-hydrogen) atoms. The van der Waals surface area contributed by atoms with Crippen molar-refractivity contribution in [1.29, 1.82) is 0 Å². The highest BCUT2D eigenvalue weighted by Crippen LogP contribution is 2.63. The molecule has 3 aliphatic carbocycles. The first-order chi connectivity index (χ1) is 11.9. The topological polar surface area (TPSA) is 66.8 Å². The lowest BCUT2D eigenvalue weighted by atomic mass is 9.53. The number of aliphatic hydroxyl groups excluding tert-OH is 1. The molecule has 0 aromatic heterocycles. The molecule has 0 radical (unpaired) electrons. The van der Waals surface area contributed by atoms with Gasteiger partial charge in [0, 0.05) is 5.92 Å². The van der Waals surface area contributed by atoms with Crippen LogP contribution in [0.15, 0.2) is 12.1 Å². The van der Waals surface area contributed by atoms with E-state index in [2.05, 4.69) is 13.8 Å². The van der Waals surface area contributed by atoms with E-state index in [1.807, 2.05) is 6.07 Å². The number of aliphatic hydroxyl groups is 1. The SMILES string of the molecule is COC(=O)C1CCC2C3CCc4c(O)ccc(C)c4C3C(O)CC12C. The molecule has 2 fully saturated rings. The standard InChI is InChI=1S/C21H28O4/c1-11-4-9-16(22)13-6-5-12-14-7-8-15(20(24)25-3)21(14,2)10-17(23)19(12)18(11)13/h4,9,12,14-15,17,19,22-23H,5-8,10H2,1-3H3. The van der Waals surface area contributed by atoms with Crippen LogP contribution in [-0.4, -0.2) is 29.4 Å². The molecule has 1 aromatic carbocycles. The van der Waals surface area contributed by atoms with Gasteiger partial charge in [0.25, 0.3) is 0 Å². The number of ether oxygens (including phenoxy) is 1. The van der Waals surface area contributed by atoms with Crippen LogP contribution < -0.4 is 0 Å². The average molecular weight is 344 g/mol. The van der Waals surface area contributed by atoms with Crippen LogP contribution in [0.1, 0.15) is 55.2 Å². The Labute approximate surface area is 149 Å². The minimum atomic E-state index is -0.476. The van der Waals surface area contributed by atoms with Gasteiger partial charge in [-0.2, -0.15) is 0 Å². The van der Waals surface area contributed by atoms with Gasteiger partial charge < -0.3 is 14.9 Å². The van der Waals surface area contributed by atoms with Gasteiger partial charge in [-0.3, -0.25) is 4.79 Å². The third-order valence-corrected chi connectivity index (χ3v) is 7.55. The number of hydrogen-bond donors (Lipinski definition) is 2. The molecule has 0 aliphatic heterocycles. The van der Waals surface area contributed by atoms with Gasteiger partial charge in [0.2, 0.25) is 0 Å². The molecule has 136 valence electrons. The molecule has 2 N–H and O–H groups in total. The second-order valence-electron chi connectivity index (χ2n) is 8.56. The van der Waals surface area contributed by atoms with Crippen LogP contribution in [0.3, 0.4) is 0 Å². The molecular weight excluding hydrogens is 316 g/mol. The van der Waals surface area contributed by atoms with Gasteiger partial charge in [-0.05, 0) is 79.0 Å². The molecule has 6 unspecified atom stereocenters. The molecule has 4 rings (SSSR count). The van der Waals surface area contributed by atoms with E-state index in [-0.39, 0.29) is 23.2 Å². The summed E-state index contributed by atoms with van der Waals surface area (Å²) < 4.78 is 5.06. The molecule has 2 saturated carbocycles. The quantitative estimate of drug-likeness (QED) is 0.767. The largest absolute Gasteiger partial charge is 0.508 e. The maximum Gasteiger partial charge on any atom is 0.309 e. The van der Waals surface area contributed by atoms with Crippen molar-refractivity contribution in [3.63, 3.8) is 0 Å². The van der Waals surface area contributed by atoms with Crippen LogP contribution in [0.4, 0.5) is 0 Å². The summed E-state index contributed by atoms with van der Waals surface area (Å²) in [5, 5.41) is 21.4. The number of methoxy groups -OCH3 is 1. The van der Waals surface area contributed by atoms with Crippen LogP contribution >= 0.6 is 0 Å². The van der Waals surface area contributed by atoms with Crippen LogP contribution in [0.2, 0.25) is 0 Å². The highest BCUT2D eigenvalue weighted by atomic mass is 16.5. The molecule has 4 heteroatoms. The van der Waals surface area contributed by atoms with Crippen LogP contribution in [0.25, 0.3) is 0 Å². The van der Waals surface area contributed by atoms with Crippen LogP contribution in [0, 0.1) is 30.1 Å². The van der Waals surface area contributed by atoms with E-state index in [0.717, 1.165) is 42.4 Å². The van der Waals surface area contributed by atoms with E-state index >= 15 is 0 Å². The third-order valence-electron chi connectivity index (χ3n) is 7.55. The number of carbonyl (C=O) groups is 1. The number of hydrogen-bond acceptors (Lipinski definition) is 4. The normalized spacial score (nSPS) is 39.3. The number of esters is 1. The molecule has 0 heterocycles. The van der Waals surface area contributed by atoms with Crippen molar-refractivity contribution >= 4 is 5.97 Å². The molecule has 6 atom stereocenters. The van der Waals surface area contributed by atoms with Crippen LogP contribution in [0.5, 0.6) is 5.75 Å². The highest BCUT2D eigenvalue weighted by molar-refractivity contribution is 5.74. The summed E-state index contributed by atoms with van der Waals surface area (Å²) in [6, 6.07) is 3.74. The number of carbonyl (C=O) groups excluding carboxylic acids is 1. The minimum absolute atomic E-state index is 0.0744. The predicted molar refractivity (Wildman–Crippen MR) is 94.4 cm³/mol. The average Bonchev–Trinajstić information content (AvgIpc) is 2.93. The molecule has 0 bridgehead atoms. The van der Waals surface area contributed by atoms with Gasteiger partial charge >= 0.3 is 5.97 Å². The summed E-state index contributed by atoms with van der Waals surface area (Å²) in [7, 11) is 1.46. The summed E-state index contributed by atoms with van der Waals surface area (Å²) in [6.07, 6.45) is 3.86. The fraction of sp³-hybridized carbons (Fsp3) is 0.667. The lowest BCUT2D eigenvalue weighted by Crippen LogP contribution is -2.50. The van der Waals surface area contributed by atoms with E-state index < -0.39 is 6.10 Å². The Hall–Kier alpha value is -1.55. The van der Waals surface area contributed by atoms with E-state index in [1.165, 1.54) is 7.11 Å². The van der Waals surface area contributed by atoms with Gasteiger partial charge in [0.1, 0.15) is 5.75 Å². The zero-order valence-electron chi connectivity index (χ0n) is 15.3. The second kappa shape index (κ2) is 5.73. The van der Waals surface area contributed by atoms with E-state index in [1.54, 1.807) is 6.07 Å². The smallest absolute Gasteiger partial charge is 0.309 e. The number of aryl methyl sites for hydroxylation is 1. The Bertz CT molecular complexity index is 712. The fourth-order valence-electron chi connectivity index (χ4n) is 6.50. The van der Waals surface area contributed by atoms with Gasteiger partial charge in [-0.15, -0.1) is 0 Å². The van der Waals surface area contributed by atoms with Crippen molar-refractivity contribution in [2.45, 2.75) is 58.0 Å². The first kappa shape index (κ1) is 16.9. The summed E-state index contributed by atoms with van der Waals surface area (Å²) >= 11 is 0. The highest BCUT2D eigenvalue weighted by Gasteiger charge is 2.59. The Balaban J connectivity index is 1.76. The van der Waals surface area contributed by atoms with Crippen molar-refractivity contribution in [1.82, 2.24) is 0 Å². The van der Waals surface area contributed by atoms with Gasteiger partial charge in [0.15, 0.2) is 0 Å². The Morgan fingerprint density at radius 2 is 2.04 bits per heavy atom. The maximum atomic E-state index is 12.3. The second-order valence-corrected chi connectivity index (χ2v) is 8.56. The van der Waals surface area contributed by atoms with Crippen molar-refractivity contribution in [3.8, 4) is 5.75 Å². The first-order valence-corrected chi connectivity index (χ1v) is 9.45. The molecule has 0 amide bonds. The van der Waals surface area contributed by atoms with E-state index in [0.29, 0.717) is 24.0 Å². The minimum Gasteiger partial charge on any atom is -0.508 e. The number of rotatable bonds is 1. The van der Waals surface area contributed by atoms with Crippen molar-refractivity contribution < 1.29 is 19.7 Å². The van der Waals surface area contributed by atoms with Crippen molar-refractivity contribution in [2.75, 3.05) is 7.11 Å². The Morgan fingerprint density at radius 1 is 1.28 bits per heavy atom. The van der Waals surface area contributed by atoms with Crippen LogP contribution in [-0.2, 0) is 16.0 Å². The number of phenolic OH excluding ortho intramolecular Hbond substituents is 1. The van der Waals surface area contributed by atoms with Crippen molar-refractivity contribution in [2.24, 2.45) is 23.2 Å². The van der Waals surface area contributed by atoms with Gasteiger partial charge in [-0.1, -0.05) is 13.0 Å². The first-order valence-electron chi connectivity index (χ1n) is 9.45. The predicted octanol–water partition coefficient (Wildman–Crippen LogP) is 3.32. The number of phenols is 1. The molecule has 4 nitrogen and oxygen atoms in total. The lowest BCUT2D eigenvalue weighted by molar-refractivity contribution is -0.153. The van der Waals surface area contributed by atoms with E-state index in [4.69, 9.17) is 4.74 Å². The molecule has 1 aromatic rings.